The minimum Gasteiger partial charge on any atom is -0.493 e. The number of hydrogen-bond acceptors (Lipinski definition) is 7. The lowest BCUT2D eigenvalue weighted by atomic mass is 9.93. The van der Waals surface area contributed by atoms with E-state index in [-0.39, 0.29) is 11.8 Å². The van der Waals surface area contributed by atoms with E-state index < -0.39 is 0 Å². The van der Waals surface area contributed by atoms with Crippen molar-refractivity contribution in [2.45, 2.75) is 19.3 Å². The summed E-state index contributed by atoms with van der Waals surface area (Å²) >= 11 is 0. The van der Waals surface area contributed by atoms with Gasteiger partial charge in [-0.3, -0.25) is 4.79 Å². The van der Waals surface area contributed by atoms with Gasteiger partial charge in [0, 0.05) is 43.5 Å². The Morgan fingerprint density at radius 2 is 1.79 bits per heavy atom. The fourth-order valence-electron chi connectivity index (χ4n) is 4.01. The molecule has 1 aliphatic heterocycles. The van der Waals surface area contributed by atoms with E-state index >= 15 is 0 Å². The van der Waals surface area contributed by atoms with Gasteiger partial charge in [-0.05, 0) is 25.3 Å². The smallest absolute Gasteiger partial charge is 0.228 e. The number of carbonyl (C=O) groups is 1. The Bertz CT molecular complexity index is 938. The molecule has 1 atom stereocenters. The number of piperazine rings is 1. The van der Waals surface area contributed by atoms with Crippen LogP contribution in [0.1, 0.15) is 19.3 Å². The number of amides is 1. The van der Waals surface area contributed by atoms with Crippen molar-refractivity contribution in [3.63, 3.8) is 0 Å². The molecule has 2 heterocycles. The van der Waals surface area contributed by atoms with Crippen molar-refractivity contribution in [3.05, 3.63) is 24.3 Å². The molecule has 1 unspecified atom stereocenters. The van der Waals surface area contributed by atoms with E-state index in [1.54, 1.807) is 20.3 Å². The Morgan fingerprint density at radius 1 is 1.07 bits per heavy atom. The zero-order valence-electron chi connectivity index (χ0n) is 16.9. The number of carbonyl (C=O) groups excluding carboxylic acids is 1. The molecule has 0 bridgehead atoms. The number of ether oxygens (including phenoxy) is 2. The first-order chi connectivity index (χ1) is 14.1. The maximum atomic E-state index is 12.8. The maximum Gasteiger partial charge on any atom is 0.228 e. The Balaban J connectivity index is 1.50. The van der Waals surface area contributed by atoms with Gasteiger partial charge in [0.1, 0.15) is 5.82 Å². The van der Waals surface area contributed by atoms with Gasteiger partial charge in [-0.2, -0.15) is 4.98 Å². The molecule has 1 saturated heterocycles. The van der Waals surface area contributed by atoms with Gasteiger partial charge < -0.3 is 25.0 Å². The van der Waals surface area contributed by atoms with E-state index in [2.05, 4.69) is 22.0 Å². The summed E-state index contributed by atoms with van der Waals surface area (Å²) in [5, 5.41) is 0.727. The first-order valence-electron chi connectivity index (χ1n) is 9.98. The lowest BCUT2D eigenvalue weighted by Crippen LogP contribution is -2.51. The molecule has 1 aromatic heterocycles. The molecule has 29 heavy (non-hydrogen) atoms. The average molecular weight is 397 g/mol. The van der Waals surface area contributed by atoms with Gasteiger partial charge in [0.15, 0.2) is 11.5 Å². The minimum atomic E-state index is 0.126. The molecule has 2 aromatic rings. The first kappa shape index (κ1) is 19.3. The van der Waals surface area contributed by atoms with Crippen LogP contribution in [0.25, 0.3) is 10.9 Å². The molecule has 8 heteroatoms. The molecule has 1 aliphatic carbocycles. The zero-order chi connectivity index (χ0) is 20.4. The molecule has 0 spiro atoms. The van der Waals surface area contributed by atoms with Crippen molar-refractivity contribution < 1.29 is 14.3 Å². The lowest BCUT2D eigenvalue weighted by molar-refractivity contribution is -0.136. The monoisotopic (exact) mass is 397 g/mol. The highest BCUT2D eigenvalue weighted by molar-refractivity contribution is 5.91. The summed E-state index contributed by atoms with van der Waals surface area (Å²) in [6.45, 7) is 2.72. The van der Waals surface area contributed by atoms with Gasteiger partial charge >= 0.3 is 0 Å². The van der Waals surface area contributed by atoms with Crippen LogP contribution in [0.5, 0.6) is 11.5 Å². The summed E-state index contributed by atoms with van der Waals surface area (Å²) in [5.41, 5.74) is 6.91. The molecule has 1 amide bonds. The number of aromatic nitrogens is 2. The van der Waals surface area contributed by atoms with E-state index in [9.17, 15) is 4.79 Å². The average Bonchev–Trinajstić information content (AvgIpc) is 2.78. The highest BCUT2D eigenvalue weighted by Crippen LogP contribution is 2.34. The van der Waals surface area contributed by atoms with Crippen LogP contribution < -0.4 is 20.1 Å². The third kappa shape index (κ3) is 3.79. The van der Waals surface area contributed by atoms with Crippen LogP contribution in [0.15, 0.2) is 24.3 Å². The normalized spacial score (nSPS) is 19.4. The third-order valence-corrected chi connectivity index (χ3v) is 5.71. The summed E-state index contributed by atoms with van der Waals surface area (Å²) < 4.78 is 10.7. The molecule has 8 nitrogen and oxygen atoms in total. The lowest BCUT2D eigenvalue weighted by Gasteiger charge is -2.36. The number of nitrogens with two attached hydrogens (primary N) is 1. The number of allylic oxidation sites excluding steroid dienone is 2. The van der Waals surface area contributed by atoms with Crippen molar-refractivity contribution in [1.29, 1.82) is 0 Å². The molecule has 0 saturated carbocycles. The van der Waals surface area contributed by atoms with Crippen molar-refractivity contribution in [2.24, 2.45) is 5.92 Å². The summed E-state index contributed by atoms with van der Waals surface area (Å²) in [7, 11) is 3.17. The number of anilines is 2. The van der Waals surface area contributed by atoms with E-state index in [1.807, 2.05) is 11.0 Å². The second-order valence-electron chi connectivity index (χ2n) is 7.43. The highest BCUT2D eigenvalue weighted by Gasteiger charge is 2.28. The fraction of sp³-hybridized carbons (Fsp3) is 0.476. The van der Waals surface area contributed by atoms with Gasteiger partial charge in [-0.1, -0.05) is 12.2 Å². The predicted octanol–water partition coefficient (Wildman–Crippen LogP) is 2.23. The van der Waals surface area contributed by atoms with E-state index in [0.29, 0.717) is 55.0 Å². The summed E-state index contributed by atoms with van der Waals surface area (Å²) in [4.78, 5) is 26.0. The van der Waals surface area contributed by atoms with Crippen LogP contribution in [0.3, 0.4) is 0 Å². The maximum absolute atomic E-state index is 12.8. The number of nitrogen functional groups attached to an aromatic ring is 1. The highest BCUT2D eigenvalue weighted by atomic mass is 16.5. The molecular formula is C21H27N5O3. The minimum absolute atomic E-state index is 0.126. The molecule has 1 aromatic carbocycles. The van der Waals surface area contributed by atoms with Crippen molar-refractivity contribution in [1.82, 2.24) is 14.9 Å². The second kappa shape index (κ2) is 8.14. The SMILES string of the molecule is COc1cc2nc(N3CCN(C(=O)C4CC=CCC4)CC3)nc(N)c2cc1OC. The summed E-state index contributed by atoms with van der Waals surface area (Å²) in [6, 6.07) is 3.61. The van der Waals surface area contributed by atoms with Crippen LogP contribution in [-0.2, 0) is 4.79 Å². The molecular weight excluding hydrogens is 370 g/mol. The number of hydrogen-bond donors (Lipinski definition) is 1. The van der Waals surface area contributed by atoms with Crippen molar-refractivity contribution in [3.8, 4) is 11.5 Å². The standard InChI is InChI=1S/C21H27N5O3/c1-28-17-12-15-16(13-18(17)29-2)23-21(24-19(15)22)26-10-8-25(9-11-26)20(27)14-6-4-3-5-7-14/h3-4,12-14H,5-11H2,1-2H3,(H2,22,23,24). The predicted molar refractivity (Wildman–Crippen MR) is 112 cm³/mol. The number of rotatable bonds is 4. The quantitative estimate of drug-likeness (QED) is 0.791. The summed E-state index contributed by atoms with van der Waals surface area (Å²) in [6.07, 6.45) is 7.08. The third-order valence-electron chi connectivity index (χ3n) is 5.71. The number of nitrogens with zero attached hydrogens (tertiary/aromatic N) is 4. The van der Waals surface area contributed by atoms with Crippen LogP contribution >= 0.6 is 0 Å². The Kier molecular flexibility index (Phi) is 5.42. The molecule has 4 rings (SSSR count). The van der Waals surface area contributed by atoms with Crippen LogP contribution in [0.2, 0.25) is 0 Å². The molecule has 2 N–H and O–H groups in total. The first-order valence-corrected chi connectivity index (χ1v) is 9.98. The number of methoxy groups -OCH3 is 2. The Morgan fingerprint density at radius 3 is 2.45 bits per heavy atom. The van der Waals surface area contributed by atoms with Crippen molar-refractivity contribution >= 4 is 28.6 Å². The van der Waals surface area contributed by atoms with Gasteiger partial charge in [-0.25, -0.2) is 4.98 Å². The Labute approximate surface area is 170 Å². The van der Waals surface area contributed by atoms with Gasteiger partial charge in [-0.15, -0.1) is 0 Å². The van der Waals surface area contributed by atoms with Gasteiger partial charge in [0.05, 0.1) is 19.7 Å². The largest absolute Gasteiger partial charge is 0.493 e. The van der Waals surface area contributed by atoms with Crippen molar-refractivity contribution in [2.75, 3.05) is 51.0 Å². The van der Waals surface area contributed by atoms with Gasteiger partial charge in [0.2, 0.25) is 11.9 Å². The second-order valence-corrected chi connectivity index (χ2v) is 7.43. The zero-order valence-corrected chi connectivity index (χ0v) is 16.9. The number of fused-ring (bicyclic) bond motifs is 1. The Hall–Kier alpha value is -3.03. The molecule has 2 aliphatic rings. The molecule has 0 radical (unpaired) electrons. The van der Waals surface area contributed by atoms with Crippen LogP contribution in [0, 0.1) is 5.92 Å². The van der Waals surface area contributed by atoms with Crippen LogP contribution in [-0.4, -0.2) is 61.2 Å². The molecule has 154 valence electrons. The number of benzene rings is 1. The fourth-order valence-corrected chi connectivity index (χ4v) is 4.01. The van der Waals surface area contributed by atoms with E-state index in [4.69, 9.17) is 20.2 Å². The topological polar surface area (TPSA) is 93.8 Å². The molecule has 1 fully saturated rings. The van der Waals surface area contributed by atoms with E-state index in [1.165, 1.54) is 0 Å². The van der Waals surface area contributed by atoms with Gasteiger partial charge in [0.25, 0.3) is 0 Å². The van der Waals surface area contributed by atoms with E-state index in [0.717, 1.165) is 24.6 Å². The summed E-state index contributed by atoms with van der Waals surface area (Å²) in [5.74, 6) is 2.56. The van der Waals surface area contributed by atoms with Crippen LogP contribution in [0.4, 0.5) is 11.8 Å².